The Morgan fingerprint density at radius 3 is 2.72 bits per heavy atom. The number of nitrogens with zero attached hydrogens (tertiary/aromatic N) is 6. The second-order valence-corrected chi connectivity index (χ2v) is 6.97. The summed E-state index contributed by atoms with van der Waals surface area (Å²) in [5.41, 5.74) is 1.67. The standard InChI is InChI=1S/C21H14N6O5/c1-12-18(19(25-32-12)13-5-3-2-4-6-13)20-24-23-17(31-20)10-26-11-22-16-8-7-14(27(29)30)9-15(16)21(26)28/h2-9,11H,10H2,1H3. The molecule has 5 aromatic rings. The van der Waals surface area contributed by atoms with Gasteiger partial charge in [-0.2, -0.15) is 0 Å². The highest BCUT2D eigenvalue weighted by molar-refractivity contribution is 5.80. The van der Waals surface area contributed by atoms with Gasteiger partial charge in [-0.1, -0.05) is 35.5 Å². The molecule has 0 unspecified atom stereocenters. The fourth-order valence-corrected chi connectivity index (χ4v) is 3.35. The van der Waals surface area contributed by atoms with Gasteiger partial charge in [-0.25, -0.2) is 4.98 Å². The molecule has 0 bridgehead atoms. The van der Waals surface area contributed by atoms with Gasteiger partial charge in [0.1, 0.15) is 23.6 Å². The van der Waals surface area contributed by atoms with Crippen LogP contribution >= 0.6 is 0 Å². The largest absolute Gasteiger partial charge is 0.419 e. The van der Waals surface area contributed by atoms with Crippen molar-refractivity contribution in [3.63, 3.8) is 0 Å². The van der Waals surface area contributed by atoms with Crippen molar-refractivity contribution >= 4 is 16.6 Å². The van der Waals surface area contributed by atoms with Crippen LogP contribution in [0.1, 0.15) is 11.7 Å². The Balaban J connectivity index is 1.50. The molecule has 0 amide bonds. The summed E-state index contributed by atoms with van der Waals surface area (Å²) in [6.45, 7) is 1.69. The van der Waals surface area contributed by atoms with Crippen LogP contribution in [0, 0.1) is 17.0 Å². The topological polar surface area (TPSA) is 143 Å². The van der Waals surface area contributed by atoms with E-state index in [1.165, 1.54) is 29.1 Å². The molecular weight excluding hydrogens is 416 g/mol. The van der Waals surface area contributed by atoms with Gasteiger partial charge in [0.15, 0.2) is 0 Å². The number of benzene rings is 2. The molecule has 0 N–H and O–H groups in total. The molecule has 0 aliphatic carbocycles. The lowest BCUT2D eigenvalue weighted by Crippen LogP contribution is -2.21. The van der Waals surface area contributed by atoms with Gasteiger partial charge in [0.2, 0.25) is 5.89 Å². The third kappa shape index (κ3) is 3.31. The van der Waals surface area contributed by atoms with E-state index in [-0.39, 0.29) is 29.4 Å². The monoisotopic (exact) mass is 430 g/mol. The first kappa shape index (κ1) is 19.3. The minimum absolute atomic E-state index is 0.0531. The van der Waals surface area contributed by atoms with Crippen LogP contribution in [-0.2, 0) is 6.54 Å². The molecule has 0 atom stereocenters. The van der Waals surface area contributed by atoms with Gasteiger partial charge < -0.3 is 8.94 Å². The first-order chi connectivity index (χ1) is 15.5. The van der Waals surface area contributed by atoms with E-state index >= 15 is 0 Å². The summed E-state index contributed by atoms with van der Waals surface area (Å²) in [5.74, 6) is 0.874. The van der Waals surface area contributed by atoms with Gasteiger partial charge in [0.25, 0.3) is 17.1 Å². The Bertz CT molecular complexity index is 1520. The molecule has 0 fully saturated rings. The molecule has 3 heterocycles. The maximum absolute atomic E-state index is 12.8. The Morgan fingerprint density at radius 2 is 1.94 bits per heavy atom. The zero-order chi connectivity index (χ0) is 22.2. The van der Waals surface area contributed by atoms with E-state index in [0.717, 1.165) is 5.56 Å². The second kappa shape index (κ2) is 7.54. The molecule has 0 saturated heterocycles. The van der Waals surface area contributed by atoms with E-state index in [9.17, 15) is 14.9 Å². The van der Waals surface area contributed by atoms with Crippen molar-refractivity contribution in [2.45, 2.75) is 13.5 Å². The summed E-state index contributed by atoms with van der Waals surface area (Å²) >= 11 is 0. The first-order valence-corrected chi connectivity index (χ1v) is 9.49. The van der Waals surface area contributed by atoms with Gasteiger partial charge in [0.05, 0.1) is 22.2 Å². The van der Waals surface area contributed by atoms with E-state index in [4.69, 9.17) is 8.94 Å². The molecule has 5 rings (SSSR count). The quantitative estimate of drug-likeness (QED) is 0.303. The van der Waals surface area contributed by atoms with Gasteiger partial charge in [-0.3, -0.25) is 19.5 Å². The second-order valence-electron chi connectivity index (χ2n) is 6.97. The molecule has 3 aromatic heterocycles. The number of hydrogen-bond acceptors (Lipinski definition) is 9. The Morgan fingerprint density at radius 1 is 1.12 bits per heavy atom. The van der Waals surface area contributed by atoms with Crippen molar-refractivity contribution in [2.75, 3.05) is 0 Å². The van der Waals surface area contributed by atoms with Crippen LogP contribution in [0.15, 0.2) is 68.6 Å². The first-order valence-electron chi connectivity index (χ1n) is 9.49. The molecule has 0 radical (unpaired) electrons. The minimum atomic E-state index is -0.563. The van der Waals surface area contributed by atoms with Crippen molar-refractivity contribution in [2.24, 2.45) is 0 Å². The van der Waals surface area contributed by atoms with Crippen molar-refractivity contribution < 1.29 is 13.9 Å². The molecule has 0 saturated carbocycles. The van der Waals surface area contributed by atoms with Crippen LogP contribution in [0.25, 0.3) is 33.6 Å². The van der Waals surface area contributed by atoms with Gasteiger partial charge in [-0.05, 0) is 13.0 Å². The van der Waals surface area contributed by atoms with E-state index < -0.39 is 10.5 Å². The van der Waals surface area contributed by atoms with Crippen LogP contribution in [0.3, 0.4) is 0 Å². The maximum Gasteiger partial charge on any atom is 0.270 e. The number of nitro benzene ring substituents is 1. The maximum atomic E-state index is 12.8. The number of fused-ring (bicyclic) bond motifs is 1. The highest BCUT2D eigenvalue weighted by atomic mass is 16.6. The van der Waals surface area contributed by atoms with Crippen LogP contribution in [0.4, 0.5) is 5.69 Å². The highest BCUT2D eigenvalue weighted by Crippen LogP contribution is 2.33. The number of rotatable bonds is 5. The van der Waals surface area contributed by atoms with E-state index in [2.05, 4.69) is 20.3 Å². The summed E-state index contributed by atoms with van der Waals surface area (Å²) < 4.78 is 12.4. The number of hydrogen-bond donors (Lipinski definition) is 0. The van der Waals surface area contributed by atoms with Crippen LogP contribution in [-0.4, -0.2) is 29.8 Å². The highest BCUT2D eigenvalue weighted by Gasteiger charge is 2.22. The van der Waals surface area contributed by atoms with Crippen molar-refractivity contribution in [3.8, 4) is 22.7 Å². The summed E-state index contributed by atoms with van der Waals surface area (Å²) in [7, 11) is 0. The fraction of sp³-hybridized carbons (Fsp3) is 0.0952. The lowest BCUT2D eigenvalue weighted by Gasteiger charge is -2.03. The minimum Gasteiger partial charge on any atom is -0.419 e. The molecule has 32 heavy (non-hydrogen) atoms. The Kier molecular flexibility index (Phi) is 4.55. The van der Waals surface area contributed by atoms with Crippen molar-refractivity contribution in [1.82, 2.24) is 24.9 Å². The number of non-ortho nitro benzene ring substituents is 1. The van der Waals surface area contributed by atoms with E-state index in [1.54, 1.807) is 6.92 Å². The van der Waals surface area contributed by atoms with Gasteiger partial charge >= 0.3 is 0 Å². The number of nitro groups is 1. The number of aromatic nitrogens is 5. The summed E-state index contributed by atoms with van der Waals surface area (Å²) in [6.07, 6.45) is 1.33. The Labute approximate surface area is 179 Å². The lowest BCUT2D eigenvalue weighted by atomic mass is 10.1. The molecule has 158 valence electrons. The lowest BCUT2D eigenvalue weighted by molar-refractivity contribution is -0.384. The average molecular weight is 430 g/mol. The summed E-state index contributed by atoms with van der Waals surface area (Å²) in [6, 6.07) is 13.4. The van der Waals surface area contributed by atoms with E-state index in [0.29, 0.717) is 22.5 Å². The molecule has 11 heteroatoms. The smallest absolute Gasteiger partial charge is 0.270 e. The third-order valence-corrected chi connectivity index (χ3v) is 4.91. The molecular formula is C21H14N6O5. The van der Waals surface area contributed by atoms with Crippen LogP contribution in [0.5, 0.6) is 0 Å². The zero-order valence-corrected chi connectivity index (χ0v) is 16.6. The molecule has 0 aliphatic heterocycles. The molecule has 2 aromatic carbocycles. The van der Waals surface area contributed by atoms with Crippen LogP contribution in [0.2, 0.25) is 0 Å². The average Bonchev–Trinajstić information content (AvgIpc) is 3.42. The van der Waals surface area contributed by atoms with Crippen molar-refractivity contribution in [3.05, 3.63) is 87.0 Å². The third-order valence-electron chi connectivity index (χ3n) is 4.91. The summed E-state index contributed by atoms with van der Waals surface area (Å²) in [5, 5.41) is 23.4. The zero-order valence-electron chi connectivity index (χ0n) is 16.6. The van der Waals surface area contributed by atoms with Gasteiger partial charge in [-0.15, -0.1) is 10.2 Å². The summed E-state index contributed by atoms with van der Waals surface area (Å²) in [4.78, 5) is 27.5. The molecule has 11 nitrogen and oxygen atoms in total. The normalized spacial score (nSPS) is 11.2. The predicted molar refractivity (Wildman–Crippen MR) is 112 cm³/mol. The van der Waals surface area contributed by atoms with Crippen molar-refractivity contribution in [1.29, 1.82) is 0 Å². The van der Waals surface area contributed by atoms with Crippen LogP contribution < -0.4 is 5.56 Å². The Hall–Kier alpha value is -4.67. The van der Waals surface area contributed by atoms with E-state index in [1.807, 2.05) is 30.3 Å². The SMILES string of the molecule is Cc1onc(-c2ccccc2)c1-c1nnc(Cn2cnc3ccc([N+](=O)[O-])cc3c2=O)o1. The number of aryl methyl sites for hydroxylation is 1. The van der Waals surface area contributed by atoms with Gasteiger partial charge in [0, 0.05) is 17.7 Å². The fourth-order valence-electron chi connectivity index (χ4n) is 3.35. The molecule has 0 spiro atoms. The molecule has 0 aliphatic rings. The predicted octanol–water partition coefficient (Wildman–Crippen LogP) is 3.37.